The molecule has 0 saturated carbocycles. The van der Waals surface area contributed by atoms with Crippen LogP contribution in [0.25, 0.3) is 0 Å². The van der Waals surface area contributed by atoms with Crippen LogP contribution in [0.5, 0.6) is 0 Å². The second-order valence-corrected chi connectivity index (χ2v) is 6.69. The highest BCUT2D eigenvalue weighted by molar-refractivity contribution is 4.78. The van der Waals surface area contributed by atoms with Crippen LogP contribution in [0.4, 0.5) is 0 Å². The fraction of sp³-hybridized carbons (Fsp3) is 1.00. The van der Waals surface area contributed by atoms with Gasteiger partial charge in [0.05, 0.1) is 0 Å². The third-order valence-corrected chi connectivity index (χ3v) is 4.93. The first kappa shape index (κ1) is 17.0. The zero-order valence-corrected chi connectivity index (χ0v) is 13.9. The summed E-state index contributed by atoms with van der Waals surface area (Å²) in [5, 5.41) is 0. The van der Waals surface area contributed by atoms with Crippen LogP contribution in [0.1, 0.15) is 66.2 Å². The van der Waals surface area contributed by atoms with Crippen LogP contribution in [0, 0.1) is 5.41 Å². The van der Waals surface area contributed by atoms with Crippen LogP contribution in [0.2, 0.25) is 0 Å². The van der Waals surface area contributed by atoms with Gasteiger partial charge in [0, 0.05) is 26.2 Å². The van der Waals surface area contributed by atoms with Crippen molar-refractivity contribution in [2.45, 2.75) is 66.2 Å². The summed E-state index contributed by atoms with van der Waals surface area (Å²) in [6.07, 6.45) is 8.31. The van der Waals surface area contributed by atoms with Crippen LogP contribution in [0.3, 0.4) is 0 Å². The number of hydrogen-bond donors (Lipinski definition) is 0. The average molecular weight is 268 g/mol. The van der Waals surface area contributed by atoms with E-state index in [0.717, 1.165) is 0 Å². The number of nitrogens with zero attached hydrogens (tertiary/aromatic N) is 2. The summed E-state index contributed by atoms with van der Waals surface area (Å²) < 4.78 is 0. The molecular weight excluding hydrogens is 232 g/mol. The number of likely N-dealkylation sites (N-methyl/N-ethyl adjacent to an activating group) is 1. The predicted molar refractivity (Wildman–Crippen MR) is 85.7 cm³/mol. The molecule has 1 saturated heterocycles. The standard InChI is InChI=1S/C17H36N2/c1-5-8-10-17(4,9-6-2)11-12-19-15-13-18(7-3)14-16-19/h5-16H2,1-4H3. The lowest BCUT2D eigenvalue weighted by Crippen LogP contribution is -2.46. The predicted octanol–water partition coefficient (Wildman–Crippen LogP) is 4.01. The first-order chi connectivity index (χ1) is 9.13. The molecule has 0 radical (unpaired) electrons. The molecule has 2 nitrogen and oxygen atoms in total. The minimum atomic E-state index is 0.590. The van der Waals surface area contributed by atoms with E-state index in [1.165, 1.54) is 77.8 Å². The summed E-state index contributed by atoms with van der Waals surface area (Å²) in [5.41, 5.74) is 0.590. The van der Waals surface area contributed by atoms with Crippen LogP contribution in [-0.4, -0.2) is 49.1 Å². The van der Waals surface area contributed by atoms with Gasteiger partial charge in [0.1, 0.15) is 0 Å². The van der Waals surface area contributed by atoms with Crippen molar-refractivity contribution in [3.8, 4) is 0 Å². The molecule has 0 aromatic rings. The molecule has 0 aromatic carbocycles. The third kappa shape index (κ3) is 6.27. The first-order valence-corrected chi connectivity index (χ1v) is 8.58. The first-order valence-electron chi connectivity index (χ1n) is 8.58. The molecule has 0 bridgehead atoms. The van der Waals surface area contributed by atoms with Gasteiger partial charge in [-0.3, -0.25) is 0 Å². The van der Waals surface area contributed by atoms with Gasteiger partial charge in [0.2, 0.25) is 0 Å². The molecule has 1 rings (SSSR count). The van der Waals surface area contributed by atoms with Crippen LogP contribution >= 0.6 is 0 Å². The molecule has 19 heavy (non-hydrogen) atoms. The third-order valence-electron chi connectivity index (χ3n) is 4.93. The molecule has 1 fully saturated rings. The number of rotatable bonds is 9. The Bertz CT molecular complexity index is 221. The molecule has 1 atom stereocenters. The van der Waals surface area contributed by atoms with E-state index in [2.05, 4.69) is 37.5 Å². The van der Waals surface area contributed by atoms with Crippen molar-refractivity contribution in [2.24, 2.45) is 5.41 Å². The summed E-state index contributed by atoms with van der Waals surface area (Å²) in [4.78, 5) is 5.25. The highest BCUT2D eigenvalue weighted by Crippen LogP contribution is 2.33. The van der Waals surface area contributed by atoms with Crippen molar-refractivity contribution in [3.05, 3.63) is 0 Å². The summed E-state index contributed by atoms with van der Waals surface area (Å²) in [5.74, 6) is 0. The smallest absolute Gasteiger partial charge is 0.0110 e. The molecular formula is C17H36N2. The Labute approximate surface area is 121 Å². The van der Waals surface area contributed by atoms with E-state index in [9.17, 15) is 0 Å². The maximum Gasteiger partial charge on any atom is 0.0110 e. The second-order valence-electron chi connectivity index (χ2n) is 6.69. The Morgan fingerprint density at radius 1 is 0.789 bits per heavy atom. The summed E-state index contributed by atoms with van der Waals surface area (Å²) in [6, 6.07) is 0. The van der Waals surface area contributed by atoms with Crippen molar-refractivity contribution in [3.63, 3.8) is 0 Å². The van der Waals surface area contributed by atoms with Crippen molar-refractivity contribution >= 4 is 0 Å². The maximum atomic E-state index is 2.69. The maximum absolute atomic E-state index is 2.69. The molecule has 0 N–H and O–H groups in total. The van der Waals surface area contributed by atoms with E-state index in [-0.39, 0.29) is 0 Å². The highest BCUT2D eigenvalue weighted by Gasteiger charge is 2.24. The van der Waals surface area contributed by atoms with Gasteiger partial charge in [-0.2, -0.15) is 0 Å². The van der Waals surface area contributed by atoms with Crippen molar-refractivity contribution in [1.29, 1.82) is 0 Å². The Hall–Kier alpha value is -0.0800. The molecule has 1 heterocycles. The monoisotopic (exact) mass is 268 g/mol. The van der Waals surface area contributed by atoms with Gasteiger partial charge in [-0.15, -0.1) is 0 Å². The fourth-order valence-corrected chi connectivity index (χ4v) is 3.34. The summed E-state index contributed by atoms with van der Waals surface area (Å²) in [6.45, 7) is 17.1. The Kier molecular flexibility index (Phi) is 8.01. The number of unbranched alkanes of at least 4 members (excludes halogenated alkanes) is 1. The molecule has 1 unspecified atom stereocenters. The van der Waals surface area contributed by atoms with Crippen LogP contribution in [-0.2, 0) is 0 Å². The van der Waals surface area contributed by atoms with E-state index in [4.69, 9.17) is 0 Å². The van der Waals surface area contributed by atoms with E-state index in [1.807, 2.05) is 0 Å². The normalized spacial score (nSPS) is 21.5. The van der Waals surface area contributed by atoms with Gasteiger partial charge in [-0.25, -0.2) is 0 Å². The summed E-state index contributed by atoms with van der Waals surface area (Å²) >= 11 is 0. The lowest BCUT2D eigenvalue weighted by molar-refractivity contribution is 0.114. The molecule has 1 aliphatic heterocycles. The zero-order valence-electron chi connectivity index (χ0n) is 13.9. The van der Waals surface area contributed by atoms with Gasteiger partial charge >= 0.3 is 0 Å². The largest absolute Gasteiger partial charge is 0.301 e. The Morgan fingerprint density at radius 2 is 1.42 bits per heavy atom. The van der Waals surface area contributed by atoms with Gasteiger partial charge in [-0.05, 0) is 37.8 Å². The van der Waals surface area contributed by atoms with Crippen LogP contribution < -0.4 is 0 Å². The van der Waals surface area contributed by atoms with Gasteiger partial charge in [-0.1, -0.05) is 47.0 Å². The van der Waals surface area contributed by atoms with Crippen molar-refractivity contribution < 1.29 is 0 Å². The molecule has 0 spiro atoms. The van der Waals surface area contributed by atoms with Gasteiger partial charge in [0.25, 0.3) is 0 Å². The Balaban J connectivity index is 2.31. The summed E-state index contributed by atoms with van der Waals surface area (Å²) in [7, 11) is 0. The minimum absolute atomic E-state index is 0.590. The second kappa shape index (κ2) is 8.97. The molecule has 2 heteroatoms. The number of hydrogen-bond acceptors (Lipinski definition) is 2. The van der Waals surface area contributed by atoms with Gasteiger partial charge in [0.15, 0.2) is 0 Å². The van der Waals surface area contributed by atoms with Crippen LogP contribution in [0.15, 0.2) is 0 Å². The molecule has 1 aliphatic rings. The molecule has 0 aliphatic carbocycles. The lowest BCUT2D eigenvalue weighted by atomic mass is 9.78. The molecule has 0 aromatic heterocycles. The van der Waals surface area contributed by atoms with E-state index in [0.29, 0.717) is 5.41 Å². The van der Waals surface area contributed by atoms with E-state index < -0.39 is 0 Å². The van der Waals surface area contributed by atoms with Gasteiger partial charge < -0.3 is 9.80 Å². The molecule has 0 amide bonds. The highest BCUT2D eigenvalue weighted by atomic mass is 15.3. The fourth-order valence-electron chi connectivity index (χ4n) is 3.34. The van der Waals surface area contributed by atoms with E-state index in [1.54, 1.807) is 0 Å². The van der Waals surface area contributed by atoms with Crippen molar-refractivity contribution in [2.75, 3.05) is 39.3 Å². The quantitative estimate of drug-likeness (QED) is 0.623. The van der Waals surface area contributed by atoms with E-state index >= 15 is 0 Å². The Morgan fingerprint density at radius 3 is 1.95 bits per heavy atom. The lowest BCUT2D eigenvalue weighted by Gasteiger charge is -2.37. The zero-order chi connectivity index (χ0) is 14.1. The van der Waals surface area contributed by atoms with Crippen molar-refractivity contribution in [1.82, 2.24) is 9.80 Å². The molecule has 114 valence electrons. The SMILES string of the molecule is CCCCC(C)(CCC)CCN1CCN(CC)CC1. The number of piperazine rings is 1. The minimum Gasteiger partial charge on any atom is -0.301 e. The topological polar surface area (TPSA) is 6.48 Å². The average Bonchev–Trinajstić information content (AvgIpc) is 2.44.